The second kappa shape index (κ2) is 7.66. The van der Waals surface area contributed by atoms with Gasteiger partial charge in [-0.15, -0.1) is 9.35 Å². The summed E-state index contributed by atoms with van der Waals surface area (Å²) in [4.78, 5) is 25.9. The molecule has 3 aromatic rings. The van der Waals surface area contributed by atoms with Gasteiger partial charge in [0.15, 0.2) is 0 Å². The molecule has 0 unspecified atom stereocenters. The third-order valence-electron chi connectivity index (χ3n) is 5.17. The quantitative estimate of drug-likeness (QED) is 0.549. The monoisotopic (exact) mass is 423 g/mol. The van der Waals surface area contributed by atoms with Gasteiger partial charge in [0.2, 0.25) is 0 Å². The average molecular weight is 423 g/mol. The van der Waals surface area contributed by atoms with E-state index >= 15 is 0 Å². The van der Waals surface area contributed by atoms with Crippen molar-refractivity contribution in [3.8, 4) is 0 Å². The lowest BCUT2D eigenvalue weighted by Crippen LogP contribution is -2.41. The summed E-state index contributed by atoms with van der Waals surface area (Å²) in [5, 5.41) is 1.66. The van der Waals surface area contributed by atoms with Crippen LogP contribution in [-0.4, -0.2) is 25.3 Å². The minimum Gasteiger partial charge on any atom is -0.266 e. The Morgan fingerprint density at radius 3 is 2.33 bits per heavy atom. The van der Waals surface area contributed by atoms with Crippen molar-refractivity contribution < 1.29 is 22.3 Å². The second-order valence-electron chi connectivity index (χ2n) is 7.40. The Morgan fingerprint density at radius 2 is 1.63 bits per heavy atom. The summed E-state index contributed by atoms with van der Waals surface area (Å²) in [6.45, 7) is 3.90. The van der Waals surface area contributed by atoms with Gasteiger partial charge in [0.1, 0.15) is 0 Å². The molecule has 30 heavy (non-hydrogen) atoms. The van der Waals surface area contributed by atoms with Crippen LogP contribution in [0.1, 0.15) is 51.6 Å². The highest BCUT2D eigenvalue weighted by molar-refractivity contribution is 7.86. The van der Waals surface area contributed by atoms with Crippen LogP contribution >= 0.6 is 0 Å². The highest BCUT2D eigenvalue weighted by Crippen LogP contribution is 2.33. The molecule has 154 valence electrons. The van der Waals surface area contributed by atoms with Gasteiger partial charge in [-0.25, -0.2) is 0 Å². The topological polar surface area (TPSA) is 80.8 Å². The van der Waals surface area contributed by atoms with Crippen LogP contribution in [0.3, 0.4) is 0 Å². The molecule has 3 aromatic carbocycles. The van der Waals surface area contributed by atoms with E-state index in [0.29, 0.717) is 10.4 Å². The molecular formula is C23H21NO5S. The van der Waals surface area contributed by atoms with Crippen LogP contribution in [0.2, 0.25) is 0 Å². The van der Waals surface area contributed by atoms with E-state index in [1.54, 1.807) is 30.3 Å². The number of unbranched alkanes of at least 4 members (excludes halogenated alkanes) is 1. The number of rotatable bonds is 6. The SMILES string of the molecule is CCCCc1cc2c3c(cccc3c1)C(=O)N(OS(=O)(=O)c1ccc(C)cc1)C2=O. The Labute approximate surface area is 175 Å². The largest absolute Gasteiger partial charge is 0.318 e. The number of amides is 2. The fourth-order valence-electron chi connectivity index (χ4n) is 3.59. The van der Waals surface area contributed by atoms with Crippen LogP contribution < -0.4 is 0 Å². The molecule has 0 radical (unpaired) electrons. The lowest BCUT2D eigenvalue weighted by atomic mass is 9.92. The normalized spacial score (nSPS) is 13.9. The number of imide groups is 1. The number of hydroxylamine groups is 2. The third kappa shape index (κ3) is 3.51. The molecule has 0 spiro atoms. The Hall–Kier alpha value is -3.03. The van der Waals surface area contributed by atoms with Crippen LogP contribution in [-0.2, 0) is 20.8 Å². The van der Waals surface area contributed by atoms with Gasteiger partial charge < -0.3 is 0 Å². The van der Waals surface area contributed by atoms with Gasteiger partial charge in [0, 0.05) is 5.39 Å². The molecule has 0 saturated carbocycles. The summed E-state index contributed by atoms with van der Waals surface area (Å²) >= 11 is 0. The van der Waals surface area contributed by atoms with Crippen molar-refractivity contribution in [1.29, 1.82) is 0 Å². The maximum atomic E-state index is 13.1. The summed E-state index contributed by atoms with van der Waals surface area (Å²) in [6.07, 6.45) is 2.75. The van der Waals surface area contributed by atoms with Gasteiger partial charge in [0.05, 0.1) is 16.0 Å². The van der Waals surface area contributed by atoms with E-state index in [9.17, 15) is 18.0 Å². The molecule has 4 rings (SSSR count). The average Bonchev–Trinajstić information content (AvgIpc) is 2.73. The first-order chi connectivity index (χ1) is 14.3. The molecule has 0 aromatic heterocycles. The van der Waals surface area contributed by atoms with Crippen molar-refractivity contribution in [2.45, 2.75) is 38.0 Å². The van der Waals surface area contributed by atoms with Crippen LogP contribution in [0.4, 0.5) is 0 Å². The summed E-state index contributed by atoms with van der Waals surface area (Å²) in [5.74, 6) is -1.58. The van der Waals surface area contributed by atoms with Crippen molar-refractivity contribution in [3.63, 3.8) is 0 Å². The van der Waals surface area contributed by atoms with Gasteiger partial charge in [-0.2, -0.15) is 8.42 Å². The Balaban J connectivity index is 1.77. The van der Waals surface area contributed by atoms with Crippen LogP contribution in [0, 0.1) is 6.92 Å². The summed E-state index contributed by atoms with van der Waals surface area (Å²) in [7, 11) is -4.35. The molecule has 0 fully saturated rings. The van der Waals surface area contributed by atoms with E-state index in [1.165, 1.54) is 12.1 Å². The first-order valence-corrected chi connectivity index (χ1v) is 11.2. The van der Waals surface area contributed by atoms with Crippen molar-refractivity contribution in [1.82, 2.24) is 5.06 Å². The molecule has 0 aliphatic carbocycles. The molecule has 1 aliphatic rings. The molecule has 1 heterocycles. The predicted molar refractivity (Wildman–Crippen MR) is 113 cm³/mol. The number of benzene rings is 3. The number of hydrogen-bond acceptors (Lipinski definition) is 5. The van der Waals surface area contributed by atoms with Gasteiger partial charge >= 0.3 is 10.1 Å². The summed E-state index contributed by atoms with van der Waals surface area (Å²) in [6, 6.07) is 14.8. The zero-order valence-electron chi connectivity index (χ0n) is 16.7. The lowest BCUT2D eigenvalue weighted by molar-refractivity contribution is -0.0155. The number of hydrogen-bond donors (Lipinski definition) is 0. The smallest absolute Gasteiger partial charge is 0.266 e. The zero-order valence-corrected chi connectivity index (χ0v) is 17.5. The number of nitrogens with zero attached hydrogens (tertiary/aromatic N) is 1. The second-order valence-corrected chi connectivity index (χ2v) is 8.93. The first-order valence-electron chi connectivity index (χ1n) is 9.77. The zero-order chi connectivity index (χ0) is 21.5. The molecule has 0 atom stereocenters. The van der Waals surface area contributed by atoms with Gasteiger partial charge in [-0.05, 0) is 55.0 Å². The Morgan fingerprint density at radius 1 is 0.933 bits per heavy atom. The Kier molecular flexibility index (Phi) is 5.17. The standard InChI is InChI=1S/C23H21NO5S/c1-3-4-6-16-13-17-7-5-8-19-21(17)20(14-16)23(26)24(22(19)25)29-30(27,28)18-11-9-15(2)10-12-18/h5,7-14H,3-4,6H2,1-2H3. The molecule has 6 nitrogen and oxygen atoms in total. The first kappa shape index (κ1) is 20.3. The van der Waals surface area contributed by atoms with Crippen molar-refractivity contribution >= 4 is 32.7 Å². The van der Waals surface area contributed by atoms with E-state index in [2.05, 4.69) is 6.92 Å². The molecule has 0 saturated heterocycles. The molecule has 0 N–H and O–H groups in total. The minimum atomic E-state index is -4.35. The predicted octanol–water partition coefficient (Wildman–Crippen LogP) is 4.41. The number of carbonyl (C=O) groups excluding carboxylic acids is 2. The van der Waals surface area contributed by atoms with E-state index < -0.39 is 21.9 Å². The maximum Gasteiger partial charge on any atom is 0.318 e. The lowest BCUT2D eigenvalue weighted by Gasteiger charge is -2.26. The number of carbonyl (C=O) groups is 2. The van der Waals surface area contributed by atoms with E-state index in [-0.39, 0.29) is 16.0 Å². The fraction of sp³-hybridized carbons (Fsp3) is 0.217. The molecule has 0 bridgehead atoms. The van der Waals surface area contributed by atoms with Crippen LogP contribution in [0.25, 0.3) is 10.8 Å². The van der Waals surface area contributed by atoms with Crippen LogP contribution in [0.5, 0.6) is 0 Å². The molecular weight excluding hydrogens is 402 g/mol. The highest BCUT2D eigenvalue weighted by Gasteiger charge is 2.37. The van der Waals surface area contributed by atoms with E-state index in [1.807, 2.05) is 19.1 Å². The van der Waals surface area contributed by atoms with Crippen LogP contribution in [0.15, 0.2) is 59.5 Å². The molecule has 7 heteroatoms. The van der Waals surface area contributed by atoms with E-state index in [0.717, 1.165) is 35.8 Å². The van der Waals surface area contributed by atoms with Gasteiger partial charge in [0.25, 0.3) is 11.8 Å². The van der Waals surface area contributed by atoms with E-state index in [4.69, 9.17) is 4.28 Å². The molecule has 2 amide bonds. The third-order valence-corrected chi connectivity index (χ3v) is 6.36. The summed E-state index contributed by atoms with van der Waals surface area (Å²) in [5.41, 5.74) is 2.34. The van der Waals surface area contributed by atoms with Gasteiger partial charge in [-0.3, -0.25) is 9.59 Å². The Bertz CT molecular complexity index is 1260. The minimum absolute atomic E-state index is 0.130. The number of aryl methyl sites for hydroxylation is 2. The van der Waals surface area contributed by atoms with Crippen molar-refractivity contribution in [3.05, 3.63) is 76.9 Å². The van der Waals surface area contributed by atoms with Crippen molar-refractivity contribution in [2.24, 2.45) is 0 Å². The fourth-order valence-corrected chi connectivity index (χ4v) is 4.47. The maximum absolute atomic E-state index is 13.1. The van der Waals surface area contributed by atoms with Gasteiger partial charge in [-0.1, -0.05) is 49.2 Å². The summed E-state index contributed by atoms with van der Waals surface area (Å²) < 4.78 is 30.4. The van der Waals surface area contributed by atoms with Crippen molar-refractivity contribution in [2.75, 3.05) is 0 Å². The highest BCUT2D eigenvalue weighted by atomic mass is 32.2. The molecule has 1 aliphatic heterocycles.